The quantitative estimate of drug-likeness (QED) is 0.683. The van der Waals surface area contributed by atoms with E-state index in [1.54, 1.807) is 24.3 Å². The van der Waals surface area contributed by atoms with E-state index < -0.39 is 10.8 Å². The SMILES string of the molecule is O=C(Nc1ccc([N+](=O)[O-])cc1)C1=NN(c2ccccc2)C(=O)CC1. The van der Waals surface area contributed by atoms with Crippen LogP contribution in [0.2, 0.25) is 0 Å². The van der Waals surface area contributed by atoms with E-state index in [4.69, 9.17) is 0 Å². The predicted molar refractivity (Wildman–Crippen MR) is 92.3 cm³/mol. The topological polar surface area (TPSA) is 105 Å². The molecule has 1 heterocycles. The van der Waals surface area contributed by atoms with E-state index in [0.29, 0.717) is 11.4 Å². The molecular weight excluding hydrogens is 324 g/mol. The van der Waals surface area contributed by atoms with Crippen LogP contribution in [0.4, 0.5) is 17.1 Å². The van der Waals surface area contributed by atoms with Gasteiger partial charge in [0, 0.05) is 30.7 Å². The molecule has 0 bridgehead atoms. The maximum Gasteiger partial charge on any atom is 0.271 e. The van der Waals surface area contributed by atoms with Gasteiger partial charge in [0.1, 0.15) is 5.71 Å². The van der Waals surface area contributed by atoms with Crippen LogP contribution in [0.25, 0.3) is 0 Å². The summed E-state index contributed by atoms with van der Waals surface area (Å²) in [4.78, 5) is 34.5. The maximum absolute atomic E-state index is 12.4. The predicted octanol–water partition coefficient (Wildman–Crippen LogP) is 2.72. The summed E-state index contributed by atoms with van der Waals surface area (Å²) in [5, 5.41) is 18.7. The molecule has 3 rings (SSSR count). The number of carbonyl (C=O) groups excluding carboxylic acids is 2. The summed E-state index contributed by atoms with van der Waals surface area (Å²) in [6.07, 6.45) is 0.419. The zero-order valence-electron chi connectivity index (χ0n) is 13.1. The van der Waals surface area contributed by atoms with E-state index in [9.17, 15) is 19.7 Å². The molecule has 126 valence electrons. The van der Waals surface area contributed by atoms with Gasteiger partial charge in [-0.15, -0.1) is 0 Å². The zero-order chi connectivity index (χ0) is 17.8. The number of rotatable bonds is 4. The number of nitrogens with zero attached hydrogens (tertiary/aromatic N) is 3. The highest BCUT2D eigenvalue weighted by molar-refractivity contribution is 6.44. The number of benzene rings is 2. The number of non-ortho nitro benzene ring substituents is 1. The monoisotopic (exact) mass is 338 g/mol. The van der Waals surface area contributed by atoms with Crippen LogP contribution in [0.1, 0.15) is 12.8 Å². The van der Waals surface area contributed by atoms with Gasteiger partial charge in [-0.25, -0.2) is 5.01 Å². The Morgan fingerprint density at radius 1 is 1.08 bits per heavy atom. The highest BCUT2D eigenvalue weighted by atomic mass is 16.6. The van der Waals surface area contributed by atoms with Crippen LogP contribution in [0.15, 0.2) is 59.7 Å². The van der Waals surface area contributed by atoms with Crippen LogP contribution in [0.5, 0.6) is 0 Å². The van der Waals surface area contributed by atoms with Crippen LogP contribution < -0.4 is 10.3 Å². The first-order valence-electron chi connectivity index (χ1n) is 7.56. The Labute approximate surface area is 142 Å². The highest BCUT2D eigenvalue weighted by Gasteiger charge is 2.25. The molecule has 0 aliphatic carbocycles. The van der Waals surface area contributed by atoms with E-state index in [0.717, 1.165) is 0 Å². The minimum Gasteiger partial charge on any atom is -0.321 e. The van der Waals surface area contributed by atoms with Gasteiger partial charge in [-0.05, 0) is 24.3 Å². The van der Waals surface area contributed by atoms with Gasteiger partial charge in [0.2, 0.25) is 5.91 Å². The molecule has 0 unspecified atom stereocenters. The summed E-state index contributed by atoms with van der Waals surface area (Å²) >= 11 is 0. The number of nitro benzene ring substituents is 1. The lowest BCUT2D eigenvalue weighted by atomic mass is 10.1. The van der Waals surface area contributed by atoms with Gasteiger partial charge in [-0.1, -0.05) is 18.2 Å². The van der Waals surface area contributed by atoms with Crippen molar-refractivity contribution in [3.05, 3.63) is 64.7 Å². The minimum atomic E-state index is -0.514. The van der Waals surface area contributed by atoms with Crippen molar-refractivity contribution in [1.29, 1.82) is 0 Å². The number of nitrogens with one attached hydrogen (secondary N) is 1. The Balaban J connectivity index is 1.77. The molecule has 25 heavy (non-hydrogen) atoms. The van der Waals surface area contributed by atoms with E-state index in [2.05, 4.69) is 10.4 Å². The number of para-hydroxylation sites is 1. The molecule has 1 aliphatic heterocycles. The second-order valence-electron chi connectivity index (χ2n) is 5.35. The van der Waals surface area contributed by atoms with E-state index in [1.807, 2.05) is 6.07 Å². The third-order valence-corrected chi connectivity index (χ3v) is 3.63. The molecule has 0 saturated carbocycles. The fourth-order valence-electron chi connectivity index (χ4n) is 2.36. The van der Waals surface area contributed by atoms with Crippen molar-refractivity contribution in [1.82, 2.24) is 0 Å². The lowest BCUT2D eigenvalue weighted by Gasteiger charge is -2.23. The Morgan fingerprint density at radius 2 is 1.76 bits per heavy atom. The average Bonchev–Trinajstić information content (AvgIpc) is 2.63. The normalized spacial score (nSPS) is 14.0. The molecule has 0 fully saturated rings. The molecule has 1 aliphatic rings. The summed E-state index contributed by atoms with van der Waals surface area (Å²) < 4.78 is 0. The van der Waals surface area contributed by atoms with Crippen molar-refractivity contribution in [2.24, 2.45) is 5.10 Å². The van der Waals surface area contributed by atoms with Gasteiger partial charge in [0.05, 0.1) is 10.6 Å². The molecule has 0 atom stereocenters. The van der Waals surface area contributed by atoms with Crippen molar-refractivity contribution >= 4 is 34.6 Å². The third-order valence-electron chi connectivity index (χ3n) is 3.63. The molecule has 0 aromatic heterocycles. The molecule has 0 saturated heterocycles. The first-order valence-corrected chi connectivity index (χ1v) is 7.56. The Morgan fingerprint density at radius 3 is 2.40 bits per heavy atom. The standard InChI is InChI=1S/C17H14N4O4/c22-16-11-10-15(19-20(16)13-4-2-1-3-5-13)17(23)18-12-6-8-14(9-7-12)21(24)25/h1-9H,10-11H2,(H,18,23). The van der Waals surface area contributed by atoms with Crippen LogP contribution >= 0.6 is 0 Å². The highest BCUT2D eigenvalue weighted by Crippen LogP contribution is 2.21. The van der Waals surface area contributed by atoms with Crippen molar-refractivity contribution in [3.63, 3.8) is 0 Å². The van der Waals surface area contributed by atoms with E-state index in [-0.39, 0.29) is 30.1 Å². The second-order valence-corrected chi connectivity index (χ2v) is 5.35. The fourth-order valence-corrected chi connectivity index (χ4v) is 2.36. The molecule has 1 N–H and O–H groups in total. The molecular formula is C17H14N4O4. The zero-order valence-corrected chi connectivity index (χ0v) is 13.1. The first kappa shape index (κ1) is 16.3. The summed E-state index contributed by atoms with van der Waals surface area (Å²) in [5.74, 6) is -0.625. The van der Waals surface area contributed by atoms with E-state index >= 15 is 0 Å². The molecule has 8 heteroatoms. The Bertz CT molecular complexity index is 847. The molecule has 0 radical (unpaired) electrons. The average molecular weight is 338 g/mol. The summed E-state index contributed by atoms with van der Waals surface area (Å²) in [7, 11) is 0. The van der Waals surface area contributed by atoms with E-state index in [1.165, 1.54) is 29.3 Å². The lowest BCUT2D eigenvalue weighted by Crippen LogP contribution is -2.36. The number of hydrogen-bond donors (Lipinski definition) is 1. The van der Waals surface area contributed by atoms with Gasteiger partial charge in [0.25, 0.3) is 11.6 Å². The molecule has 0 spiro atoms. The summed E-state index contributed by atoms with van der Waals surface area (Å²) in [6, 6.07) is 14.4. The smallest absolute Gasteiger partial charge is 0.271 e. The minimum absolute atomic E-state index is 0.0612. The Hall–Kier alpha value is -3.55. The van der Waals surface area contributed by atoms with Gasteiger partial charge >= 0.3 is 0 Å². The molecule has 8 nitrogen and oxygen atoms in total. The first-order chi connectivity index (χ1) is 12.0. The number of amides is 2. The van der Waals surface area contributed by atoms with Crippen LogP contribution in [0, 0.1) is 10.1 Å². The Kier molecular flexibility index (Phi) is 4.51. The van der Waals surface area contributed by atoms with Gasteiger partial charge in [0.15, 0.2) is 0 Å². The summed E-state index contributed by atoms with van der Waals surface area (Å²) in [6.45, 7) is 0. The molecule has 2 aromatic carbocycles. The molecule has 2 amide bonds. The third kappa shape index (κ3) is 3.69. The number of carbonyl (C=O) groups is 2. The van der Waals surface area contributed by atoms with Gasteiger partial charge in [-0.3, -0.25) is 19.7 Å². The van der Waals surface area contributed by atoms with Crippen molar-refractivity contribution in [2.45, 2.75) is 12.8 Å². The van der Waals surface area contributed by atoms with Crippen molar-refractivity contribution in [3.8, 4) is 0 Å². The second kappa shape index (κ2) is 6.91. The van der Waals surface area contributed by atoms with Crippen molar-refractivity contribution < 1.29 is 14.5 Å². The largest absolute Gasteiger partial charge is 0.321 e. The van der Waals surface area contributed by atoms with Crippen molar-refractivity contribution in [2.75, 3.05) is 10.3 Å². The van der Waals surface area contributed by atoms with Crippen LogP contribution in [0.3, 0.4) is 0 Å². The lowest BCUT2D eigenvalue weighted by molar-refractivity contribution is -0.384. The maximum atomic E-state index is 12.4. The fraction of sp³-hybridized carbons (Fsp3) is 0.118. The number of hydrazone groups is 1. The molecule has 2 aromatic rings. The number of anilines is 2. The van der Waals surface area contributed by atoms with Gasteiger partial charge < -0.3 is 5.32 Å². The summed E-state index contributed by atoms with van der Waals surface area (Å²) in [5.41, 5.74) is 1.17. The van der Waals surface area contributed by atoms with Crippen LogP contribution in [-0.4, -0.2) is 22.4 Å². The van der Waals surface area contributed by atoms with Crippen LogP contribution in [-0.2, 0) is 9.59 Å². The van der Waals surface area contributed by atoms with Gasteiger partial charge in [-0.2, -0.15) is 5.10 Å². The number of nitro groups is 1. The number of hydrogen-bond acceptors (Lipinski definition) is 5.